The lowest BCUT2D eigenvalue weighted by atomic mass is 10.2. The SMILES string of the molecule is C=CCOC(=O)C1OS(=O)(=O)OC1C(=O)OCC=C. The molecule has 2 unspecified atom stereocenters. The first kappa shape index (κ1) is 15.3. The Morgan fingerprint density at radius 1 is 1.00 bits per heavy atom. The third kappa shape index (κ3) is 4.16. The number of esters is 2. The maximum atomic E-state index is 11.5. The van der Waals surface area contributed by atoms with Crippen LogP contribution < -0.4 is 0 Å². The van der Waals surface area contributed by atoms with Crippen molar-refractivity contribution in [2.75, 3.05) is 13.2 Å². The summed E-state index contributed by atoms with van der Waals surface area (Å²) in [5.74, 6) is -2.14. The van der Waals surface area contributed by atoms with Crippen LogP contribution in [-0.2, 0) is 37.8 Å². The summed E-state index contributed by atoms with van der Waals surface area (Å²) in [6.07, 6.45) is -0.926. The Hall–Kier alpha value is -1.71. The van der Waals surface area contributed by atoms with Gasteiger partial charge in [-0.15, -0.1) is 0 Å². The van der Waals surface area contributed by atoms with Crippen LogP contribution in [0.1, 0.15) is 0 Å². The van der Waals surface area contributed by atoms with Crippen LogP contribution in [0.3, 0.4) is 0 Å². The minimum absolute atomic E-state index is 0.160. The van der Waals surface area contributed by atoms with Crippen molar-refractivity contribution in [2.24, 2.45) is 0 Å². The molecule has 19 heavy (non-hydrogen) atoms. The molecule has 9 heteroatoms. The van der Waals surface area contributed by atoms with Crippen LogP contribution in [0.15, 0.2) is 25.3 Å². The number of hydrogen-bond donors (Lipinski definition) is 0. The third-order valence-electron chi connectivity index (χ3n) is 1.87. The number of ether oxygens (including phenoxy) is 2. The predicted octanol–water partition coefficient (Wildman–Crippen LogP) is -0.526. The Balaban J connectivity index is 2.80. The van der Waals surface area contributed by atoms with Crippen molar-refractivity contribution >= 4 is 22.3 Å². The topological polar surface area (TPSA) is 105 Å². The molecule has 1 rings (SSSR count). The van der Waals surface area contributed by atoms with Gasteiger partial charge in [-0.2, -0.15) is 8.42 Å². The summed E-state index contributed by atoms with van der Waals surface area (Å²) in [6, 6.07) is 0. The molecule has 1 aliphatic heterocycles. The molecule has 0 saturated carbocycles. The Bertz CT molecular complexity index is 442. The number of carbonyl (C=O) groups is 2. The summed E-state index contributed by atoms with van der Waals surface area (Å²) in [5.41, 5.74) is 0. The minimum Gasteiger partial charge on any atom is -0.459 e. The van der Waals surface area contributed by atoms with Crippen molar-refractivity contribution in [3.8, 4) is 0 Å². The van der Waals surface area contributed by atoms with Crippen molar-refractivity contribution < 1.29 is 35.8 Å². The highest BCUT2D eigenvalue weighted by Gasteiger charge is 2.50. The molecular formula is C10H12O8S. The Morgan fingerprint density at radius 2 is 1.37 bits per heavy atom. The van der Waals surface area contributed by atoms with Crippen molar-refractivity contribution in [1.82, 2.24) is 0 Å². The molecule has 0 amide bonds. The highest BCUT2D eigenvalue weighted by molar-refractivity contribution is 7.82. The Morgan fingerprint density at radius 3 is 1.68 bits per heavy atom. The normalized spacial score (nSPS) is 24.4. The van der Waals surface area contributed by atoms with Crippen LogP contribution in [-0.4, -0.2) is 45.8 Å². The predicted molar refractivity (Wildman–Crippen MR) is 61.0 cm³/mol. The van der Waals surface area contributed by atoms with E-state index in [9.17, 15) is 18.0 Å². The molecule has 1 saturated heterocycles. The summed E-state index contributed by atoms with van der Waals surface area (Å²) < 4.78 is 40.1. The van der Waals surface area contributed by atoms with E-state index in [1.165, 1.54) is 12.2 Å². The minimum atomic E-state index is -4.44. The molecule has 0 aromatic carbocycles. The van der Waals surface area contributed by atoms with Crippen molar-refractivity contribution in [1.29, 1.82) is 0 Å². The van der Waals surface area contributed by atoms with Gasteiger partial charge >= 0.3 is 22.3 Å². The molecule has 8 nitrogen and oxygen atoms in total. The van der Waals surface area contributed by atoms with Gasteiger partial charge in [0, 0.05) is 0 Å². The van der Waals surface area contributed by atoms with Crippen LogP contribution in [0.4, 0.5) is 0 Å². The van der Waals surface area contributed by atoms with E-state index in [0.717, 1.165) is 0 Å². The maximum Gasteiger partial charge on any atom is 0.401 e. The first-order valence-corrected chi connectivity index (χ1v) is 6.41. The number of rotatable bonds is 6. The van der Waals surface area contributed by atoms with Crippen molar-refractivity contribution in [2.45, 2.75) is 12.2 Å². The lowest BCUT2D eigenvalue weighted by Crippen LogP contribution is -2.39. The van der Waals surface area contributed by atoms with E-state index in [0.29, 0.717) is 0 Å². The van der Waals surface area contributed by atoms with Gasteiger partial charge in [0.05, 0.1) is 0 Å². The number of carbonyl (C=O) groups excluding carboxylic acids is 2. The third-order valence-corrected chi connectivity index (χ3v) is 2.76. The lowest BCUT2D eigenvalue weighted by Gasteiger charge is -2.12. The van der Waals surface area contributed by atoms with Crippen molar-refractivity contribution in [3.05, 3.63) is 25.3 Å². The fourth-order valence-corrected chi connectivity index (χ4v) is 2.06. The molecule has 106 valence electrons. The highest BCUT2D eigenvalue weighted by Crippen LogP contribution is 2.23. The second kappa shape index (κ2) is 6.45. The van der Waals surface area contributed by atoms with Gasteiger partial charge in [-0.05, 0) is 0 Å². The molecule has 0 bridgehead atoms. The fourth-order valence-electron chi connectivity index (χ4n) is 1.15. The number of hydrogen-bond acceptors (Lipinski definition) is 8. The summed E-state index contributed by atoms with van der Waals surface area (Å²) >= 11 is 0. The van der Waals surface area contributed by atoms with Crippen LogP contribution in [0, 0.1) is 0 Å². The van der Waals surface area contributed by atoms with E-state index in [-0.39, 0.29) is 13.2 Å². The Kier molecular flexibility index (Phi) is 5.21. The van der Waals surface area contributed by atoms with E-state index in [2.05, 4.69) is 31.0 Å². The summed E-state index contributed by atoms with van der Waals surface area (Å²) in [7, 11) is -4.44. The zero-order valence-corrected chi connectivity index (χ0v) is 10.6. The molecule has 0 aliphatic carbocycles. The molecular weight excluding hydrogens is 280 g/mol. The standard InChI is InChI=1S/C10H12O8S/c1-3-5-15-9(11)7-8(10(12)16-6-4-2)18-19(13,14)17-7/h3-4,7-8H,1-2,5-6H2. The first-order chi connectivity index (χ1) is 8.91. The molecule has 1 aliphatic rings. The maximum absolute atomic E-state index is 11.5. The molecule has 0 aromatic heterocycles. The molecule has 1 heterocycles. The average molecular weight is 292 g/mol. The first-order valence-electron chi connectivity index (χ1n) is 5.08. The van der Waals surface area contributed by atoms with Gasteiger partial charge in [0.2, 0.25) is 12.2 Å². The summed E-state index contributed by atoms with van der Waals surface area (Å²) in [5, 5.41) is 0. The molecule has 2 atom stereocenters. The quantitative estimate of drug-likeness (QED) is 0.475. The van der Waals surface area contributed by atoms with Gasteiger partial charge in [0.15, 0.2) is 0 Å². The molecule has 0 aromatic rings. The zero-order chi connectivity index (χ0) is 14.5. The molecule has 0 spiro atoms. The van der Waals surface area contributed by atoms with Gasteiger partial charge in [0.1, 0.15) is 13.2 Å². The molecule has 0 N–H and O–H groups in total. The van der Waals surface area contributed by atoms with Gasteiger partial charge in [-0.25, -0.2) is 18.0 Å². The Labute approximate surface area is 109 Å². The summed E-state index contributed by atoms with van der Waals surface area (Å²) in [6.45, 7) is 6.31. The lowest BCUT2D eigenvalue weighted by molar-refractivity contribution is -0.162. The van der Waals surface area contributed by atoms with Gasteiger partial charge in [-0.3, -0.25) is 0 Å². The van der Waals surface area contributed by atoms with Crippen LogP contribution in [0.5, 0.6) is 0 Å². The van der Waals surface area contributed by atoms with Crippen molar-refractivity contribution in [3.63, 3.8) is 0 Å². The average Bonchev–Trinajstić information content (AvgIpc) is 2.69. The largest absolute Gasteiger partial charge is 0.459 e. The van der Waals surface area contributed by atoms with E-state index in [1.54, 1.807) is 0 Å². The molecule has 1 fully saturated rings. The fraction of sp³-hybridized carbons (Fsp3) is 0.400. The monoisotopic (exact) mass is 292 g/mol. The van der Waals surface area contributed by atoms with Crippen LogP contribution in [0.25, 0.3) is 0 Å². The van der Waals surface area contributed by atoms with Gasteiger partial charge in [0.25, 0.3) is 0 Å². The highest BCUT2D eigenvalue weighted by atomic mass is 32.3. The zero-order valence-electron chi connectivity index (χ0n) is 9.81. The second-order valence-electron chi connectivity index (χ2n) is 3.28. The van der Waals surface area contributed by atoms with E-state index < -0.39 is 34.5 Å². The van der Waals surface area contributed by atoms with Crippen LogP contribution >= 0.6 is 0 Å². The second-order valence-corrected chi connectivity index (χ2v) is 4.48. The smallest absolute Gasteiger partial charge is 0.401 e. The van der Waals surface area contributed by atoms with E-state index in [4.69, 9.17) is 0 Å². The van der Waals surface area contributed by atoms with E-state index >= 15 is 0 Å². The molecule has 0 radical (unpaired) electrons. The van der Waals surface area contributed by atoms with Gasteiger partial charge in [-0.1, -0.05) is 25.3 Å². The summed E-state index contributed by atoms with van der Waals surface area (Å²) in [4.78, 5) is 23.0. The van der Waals surface area contributed by atoms with Crippen LogP contribution in [0.2, 0.25) is 0 Å². The van der Waals surface area contributed by atoms with E-state index in [1.807, 2.05) is 0 Å². The van der Waals surface area contributed by atoms with Gasteiger partial charge < -0.3 is 9.47 Å².